The third-order valence-electron chi connectivity index (χ3n) is 5.21. The summed E-state index contributed by atoms with van der Waals surface area (Å²) >= 11 is 0. The molecule has 0 atom stereocenters. The van der Waals surface area contributed by atoms with Gasteiger partial charge in [-0.05, 0) is 37.5 Å². The molecule has 5 rings (SSSR count). The van der Waals surface area contributed by atoms with Crippen LogP contribution < -0.4 is 5.32 Å². The van der Waals surface area contributed by atoms with Crippen LogP contribution in [0.2, 0.25) is 0 Å². The van der Waals surface area contributed by atoms with Crippen LogP contribution in [0, 0.1) is 6.92 Å². The van der Waals surface area contributed by atoms with Crippen LogP contribution in [0.25, 0.3) is 16.6 Å². The molecule has 0 saturated carbocycles. The van der Waals surface area contributed by atoms with Gasteiger partial charge in [-0.3, -0.25) is 4.68 Å². The summed E-state index contributed by atoms with van der Waals surface area (Å²) in [5.41, 5.74) is 6.01. The number of hydrogen-bond donors (Lipinski definition) is 1. The van der Waals surface area contributed by atoms with Crippen LogP contribution in [0.5, 0.6) is 0 Å². The van der Waals surface area contributed by atoms with Crippen LogP contribution in [0.15, 0.2) is 30.7 Å². The second-order valence-electron chi connectivity index (χ2n) is 7.02. The van der Waals surface area contributed by atoms with Crippen LogP contribution in [-0.2, 0) is 11.8 Å². The third-order valence-corrected chi connectivity index (χ3v) is 5.21. The zero-order valence-corrected chi connectivity index (χ0v) is 15.4. The van der Waals surface area contributed by atoms with Crippen LogP contribution in [0.1, 0.15) is 30.0 Å². The largest absolute Gasteiger partial charge is 0.381 e. The number of ether oxygens (including phenoxy) is 1. The average molecular weight is 363 g/mol. The Hall–Kier alpha value is -3.00. The molecule has 0 bridgehead atoms. The SMILES string of the molecule is Cc1cc2ccnn2cc1Nc1ncc2c(n1)c(C1CCOCC1)nn2C. The summed E-state index contributed by atoms with van der Waals surface area (Å²) in [7, 11) is 1.94. The Balaban J connectivity index is 1.54. The number of aromatic nitrogens is 6. The van der Waals surface area contributed by atoms with Crippen molar-refractivity contribution in [1.82, 2.24) is 29.4 Å². The van der Waals surface area contributed by atoms with Crippen molar-refractivity contribution >= 4 is 28.2 Å². The van der Waals surface area contributed by atoms with Crippen molar-refractivity contribution in [3.8, 4) is 0 Å². The zero-order chi connectivity index (χ0) is 18.4. The first-order valence-corrected chi connectivity index (χ1v) is 9.17. The highest BCUT2D eigenvalue weighted by Crippen LogP contribution is 2.31. The number of anilines is 2. The van der Waals surface area contributed by atoms with E-state index in [4.69, 9.17) is 14.8 Å². The zero-order valence-electron chi connectivity index (χ0n) is 15.4. The summed E-state index contributed by atoms with van der Waals surface area (Å²) in [6, 6.07) is 4.07. The molecule has 1 N–H and O–H groups in total. The summed E-state index contributed by atoms with van der Waals surface area (Å²) in [4.78, 5) is 9.29. The maximum Gasteiger partial charge on any atom is 0.227 e. The Morgan fingerprint density at radius 1 is 1.26 bits per heavy atom. The van der Waals surface area contributed by atoms with Gasteiger partial charge in [0.2, 0.25) is 5.95 Å². The van der Waals surface area contributed by atoms with Crippen LogP contribution in [0.3, 0.4) is 0 Å². The number of rotatable bonds is 3. The van der Waals surface area contributed by atoms with Crippen LogP contribution in [0.4, 0.5) is 11.6 Å². The fraction of sp³-hybridized carbons (Fsp3) is 0.368. The summed E-state index contributed by atoms with van der Waals surface area (Å²) < 4.78 is 9.20. The van der Waals surface area contributed by atoms with Gasteiger partial charge in [-0.2, -0.15) is 10.2 Å². The molecule has 0 aliphatic carbocycles. The predicted octanol–water partition coefficient (Wildman–Crippen LogP) is 2.96. The fourth-order valence-electron chi connectivity index (χ4n) is 3.69. The molecule has 8 heteroatoms. The molecule has 4 aromatic rings. The highest BCUT2D eigenvalue weighted by Gasteiger charge is 2.23. The first-order valence-electron chi connectivity index (χ1n) is 9.17. The molecule has 27 heavy (non-hydrogen) atoms. The molecule has 0 amide bonds. The van der Waals surface area contributed by atoms with Crippen molar-refractivity contribution in [1.29, 1.82) is 0 Å². The molecule has 1 aliphatic rings. The number of hydrogen-bond acceptors (Lipinski definition) is 6. The quantitative estimate of drug-likeness (QED) is 0.603. The smallest absolute Gasteiger partial charge is 0.227 e. The van der Waals surface area contributed by atoms with Gasteiger partial charge in [0.25, 0.3) is 0 Å². The lowest BCUT2D eigenvalue weighted by molar-refractivity contribution is 0.0846. The van der Waals surface area contributed by atoms with E-state index in [9.17, 15) is 0 Å². The number of nitrogens with zero attached hydrogens (tertiary/aromatic N) is 6. The second kappa shape index (κ2) is 6.31. The van der Waals surface area contributed by atoms with E-state index in [1.807, 2.05) is 34.7 Å². The van der Waals surface area contributed by atoms with Gasteiger partial charge in [0.15, 0.2) is 0 Å². The van der Waals surface area contributed by atoms with E-state index in [1.54, 1.807) is 6.20 Å². The second-order valence-corrected chi connectivity index (χ2v) is 7.02. The maximum atomic E-state index is 5.50. The summed E-state index contributed by atoms with van der Waals surface area (Å²) in [5, 5.41) is 12.4. The molecule has 1 saturated heterocycles. The van der Waals surface area contributed by atoms with E-state index in [1.165, 1.54) is 0 Å². The van der Waals surface area contributed by atoms with E-state index in [-0.39, 0.29) is 0 Å². The molecule has 1 fully saturated rings. The molecular weight excluding hydrogens is 342 g/mol. The summed E-state index contributed by atoms with van der Waals surface area (Å²) in [5.74, 6) is 0.950. The molecule has 138 valence electrons. The highest BCUT2D eigenvalue weighted by molar-refractivity contribution is 5.79. The average Bonchev–Trinajstić information content (AvgIpc) is 3.26. The first-order chi connectivity index (χ1) is 13.2. The maximum absolute atomic E-state index is 5.50. The first kappa shape index (κ1) is 16.2. The standard InChI is InChI=1S/C19H21N7O/c1-12-9-14-3-6-21-26(14)11-15(12)22-19-20-10-16-18(23-19)17(24-25(16)2)13-4-7-27-8-5-13/h3,6,9-11,13H,4-5,7-8H2,1-2H3,(H,20,22,23). The minimum absolute atomic E-state index is 0.382. The Morgan fingerprint density at radius 3 is 2.96 bits per heavy atom. The third kappa shape index (κ3) is 2.82. The molecule has 0 radical (unpaired) electrons. The molecule has 4 aromatic heterocycles. The lowest BCUT2D eigenvalue weighted by Gasteiger charge is -2.20. The van der Waals surface area contributed by atoms with E-state index in [0.29, 0.717) is 11.9 Å². The van der Waals surface area contributed by atoms with Crippen molar-refractivity contribution < 1.29 is 4.74 Å². The van der Waals surface area contributed by atoms with Gasteiger partial charge in [-0.1, -0.05) is 0 Å². The van der Waals surface area contributed by atoms with Gasteiger partial charge in [0.05, 0.1) is 29.3 Å². The van der Waals surface area contributed by atoms with Gasteiger partial charge in [0, 0.05) is 32.4 Å². The Labute approximate surface area is 156 Å². The van der Waals surface area contributed by atoms with Gasteiger partial charge in [-0.25, -0.2) is 14.5 Å². The Kier molecular flexibility index (Phi) is 3.78. The van der Waals surface area contributed by atoms with E-state index < -0.39 is 0 Å². The lowest BCUT2D eigenvalue weighted by atomic mass is 9.96. The number of nitrogens with one attached hydrogen (secondary N) is 1. The number of pyridine rings is 1. The predicted molar refractivity (Wildman–Crippen MR) is 102 cm³/mol. The van der Waals surface area contributed by atoms with Crippen LogP contribution >= 0.6 is 0 Å². The van der Waals surface area contributed by atoms with Crippen molar-refractivity contribution in [2.45, 2.75) is 25.7 Å². The van der Waals surface area contributed by atoms with E-state index in [0.717, 1.165) is 59.6 Å². The summed E-state index contributed by atoms with van der Waals surface area (Å²) in [6.07, 6.45) is 7.54. The summed E-state index contributed by atoms with van der Waals surface area (Å²) in [6.45, 7) is 3.62. The molecule has 5 heterocycles. The van der Waals surface area contributed by atoms with Crippen molar-refractivity contribution in [3.63, 3.8) is 0 Å². The van der Waals surface area contributed by atoms with Crippen molar-refractivity contribution in [2.24, 2.45) is 7.05 Å². The molecular formula is C19H21N7O. The molecule has 0 unspecified atom stereocenters. The monoisotopic (exact) mass is 363 g/mol. The fourth-order valence-corrected chi connectivity index (χ4v) is 3.69. The minimum atomic E-state index is 0.382. The number of fused-ring (bicyclic) bond motifs is 2. The molecule has 0 spiro atoms. The molecule has 0 aromatic carbocycles. The topological polar surface area (TPSA) is 82.2 Å². The van der Waals surface area contributed by atoms with Crippen molar-refractivity contribution in [3.05, 3.63) is 42.0 Å². The van der Waals surface area contributed by atoms with Crippen molar-refractivity contribution in [2.75, 3.05) is 18.5 Å². The van der Waals surface area contributed by atoms with E-state index >= 15 is 0 Å². The van der Waals surface area contributed by atoms with Gasteiger partial charge in [0.1, 0.15) is 11.0 Å². The normalized spacial score (nSPS) is 15.6. The Morgan fingerprint density at radius 2 is 2.11 bits per heavy atom. The van der Waals surface area contributed by atoms with Crippen LogP contribution in [-0.4, -0.2) is 42.6 Å². The highest BCUT2D eigenvalue weighted by atomic mass is 16.5. The molecule has 8 nitrogen and oxygen atoms in total. The number of aryl methyl sites for hydroxylation is 2. The Bertz CT molecular complexity index is 1120. The minimum Gasteiger partial charge on any atom is -0.381 e. The van der Waals surface area contributed by atoms with Gasteiger partial charge in [-0.15, -0.1) is 0 Å². The molecule has 1 aliphatic heterocycles. The van der Waals surface area contributed by atoms with Gasteiger partial charge < -0.3 is 10.1 Å². The van der Waals surface area contributed by atoms with E-state index in [2.05, 4.69) is 28.4 Å². The lowest BCUT2D eigenvalue weighted by Crippen LogP contribution is -2.15. The van der Waals surface area contributed by atoms with Gasteiger partial charge >= 0.3 is 0 Å².